The predicted molar refractivity (Wildman–Crippen MR) is 123 cm³/mol. The number of carbonyl (C=O) groups is 1. The average Bonchev–Trinajstić information content (AvgIpc) is 3.22. The summed E-state index contributed by atoms with van der Waals surface area (Å²) < 4.78 is 55.8. The second-order valence-corrected chi connectivity index (χ2v) is 8.46. The number of ether oxygens (including phenoxy) is 1. The number of anilines is 1. The van der Waals surface area contributed by atoms with E-state index in [0.717, 1.165) is 23.5 Å². The van der Waals surface area contributed by atoms with Crippen molar-refractivity contribution in [3.63, 3.8) is 0 Å². The zero-order valence-corrected chi connectivity index (χ0v) is 19.7. The van der Waals surface area contributed by atoms with Crippen molar-refractivity contribution in [1.82, 2.24) is 25.0 Å². The number of hydrogen-bond donors (Lipinski definition) is 1. The third kappa shape index (κ3) is 6.36. The van der Waals surface area contributed by atoms with E-state index in [1.165, 1.54) is 52.8 Å². The molecule has 0 atom stereocenters. The molecule has 0 radical (unpaired) electrons. The number of aromatic nitrogens is 5. The molecule has 1 amide bonds. The maximum atomic E-state index is 13.4. The molecule has 4 aromatic rings. The summed E-state index contributed by atoms with van der Waals surface area (Å²) in [6.07, 6.45) is -4.82. The van der Waals surface area contributed by atoms with Gasteiger partial charge in [0, 0.05) is 22.8 Å². The molecule has 8 nitrogen and oxygen atoms in total. The van der Waals surface area contributed by atoms with Gasteiger partial charge < -0.3 is 10.1 Å². The van der Waals surface area contributed by atoms with Crippen LogP contribution in [0.5, 0.6) is 5.75 Å². The Kier molecular flexibility index (Phi) is 7.20. The number of carbonyl (C=O) groups excluding carboxylic acids is 1. The first-order valence-electron chi connectivity index (χ1n) is 10.4. The van der Waals surface area contributed by atoms with Crippen LogP contribution in [0.4, 0.5) is 23.2 Å². The summed E-state index contributed by atoms with van der Waals surface area (Å²) in [6.45, 7) is 3.68. The molecular weight excluding hydrogens is 500 g/mol. The first-order chi connectivity index (χ1) is 17.1. The lowest BCUT2D eigenvalue weighted by Crippen LogP contribution is -2.17. The Balaban J connectivity index is 1.60. The van der Waals surface area contributed by atoms with Gasteiger partial charge in [0.15, 0.2) is 10.9 Å². The summed E-state index contributed by atoms with van der Waals surface area (Å²) in [5.74, 6) is -1.29. The van der Waals surface area contributed by atoms with Crippen molar-refractivity contribution in [1.29, 1.82) is 0 Å². The maximum Gasteiger partial charge on any atom is 0.573 e. The van der Waals surface area contributed by atoms with Crippen LogP contribution >= 0.6 is 11.8 Å². The van der Waals surface area contributed by atoms with E-state index < -0.39 is 23.8 Å². The normalized spacial score (nSPS) is 11.4. The molecule has 0 bridgehead atoms. The highest BCUT2D eigenvalue weighted by Gasteiger charge is 2.31. The van der Waals surface area contributed by atoms with E-state index in [2.05, 4.69) is 30.3 Å². The van der Waals surface area contributed by atoms with Crippen LogP contribution in [0.25, 0.3) is 5.69 Å². The minimum atomic E-state index is -4.82. The van der Waals surface area contributed by atoms with Gasteiger partial charge in [-0.3, -0.25) is 4.79 Å². The Morgan fingerprint density at radius 1 is 1.03 bits per heavy atom. The van der Waals surface area contributed by atoms with Gasteiger partial charge in [-0.2, -0.15) is 0 Å². The van der Waals surface area contributed by atoms with Crippen LogP contribution in [0.15, 0.2) is 59.8 Å². The van der Waals surface area contributed by atoms with E-state index >= 15 is 0 Å². The smallest absolute Gasteiger partial charge is 0.406 e. The number of amides is 1. The Hall–Kier alpha value is -4.00. The molecule has 2 heterocycles. The Labute approximate surface area is 206 Å². The average molecular weight is 518 g/mol. The molecule has 36 heavy (non-hydrogen) atoms. The third-order valence-electron chi connectivity index (χ3n) is 4.69. The van der Waals surface area contributed by atoms with Crippen LogP contribution in [0.1, 0.15) is 27.6 Å². The SMILES string of the molecule is Cc1cc(C)nc(SCc2c(C(=O)Nc3ccc(OC(F)(F)F)cc3)nnn2-c2ccc(F)cc2)n1. The molecular formula is C23H18F4N6O2S. The zero-order chi connectivity index (χ0) is 25.9. The van der Waals surface area contributed by atoms with E-state index in [9.17, 15) is 22.4 Å². The van der Waals surface area contributed by atoms with Crippen LogP contribution < -0.4 is 10.1 Å². The van der Waals surface area contributed by atoms with E-state index in [4.69, 9.17) is 0 Å². The minimum absolute atomic E-state index is 0.0215. The van der Waals surface area contributed by atoms with Crippen LogP contribution in [-0.2, 0) is 5.75 Å². The number of alkyl halides is 3. The minimum Gasteiger partial charge on any atom is -0.406 e. The van der Waals surface area contributed by atoms with Crippen LogP contribution in [-0.4, -0.2) is 37.2 Å². The number of nitrogens with one attached hydrogen (secondary N) is 1. The summed E-state index contributed by atoms with van der Waals surface area (Å²) >= 11 is 1.26. The second kappa shape index (κ2) is 10.3. The molecule has 1 N–H and O–H groups in total. The molecule has 0 aliphatic carbocycles. The van der Waals surface area contributed by atoms with Gasteiger partial charge >= 0.3 is 6.36 Å². The van der Waals surface area contributed by atoms with Crippen molar-refractivity contribution in [2.45, 2.75) is 31.1 Å². The quantitative estimate of drug-likeness (QED) is 0.203. The molecule has 0 aliphatic rings. The Bertz CT molecular complexity index is 1350. The van der Waals surface area contributed by atoms with E-state index in [-0.39, 0.29) is 17.1 Å². The molecule has 13 heteroatoms. The van der Waals surface area contributed by atoms with Crippen molar-refractivity contribution in [2.24, 2.45) is 0 Å². The Morgan fingerprint density at radius 3 is 2.28 bits per heavy atom. The fourth-order valence-electron chi connectivity index (χ4n) is 3.22. The lowest BCUT2D eigenvalue weighted by Gasteiger charge is -2.10. The number of thioether (sulfide) groups is 1. The number of hydrogen-bond acceptors (Lipinski definition) is 7. The second-order valence-electron chi connectivity index (χ2n) is 7.52. The number of benzene rings is 2. The molecule has 2 aromatic heterocycles. The standard InChI is InChI=1S/C23H18F4N6O2S/c1-13-11-14(2)29-22(28-13)36-12-19-20(31-32-33(19)17-7-3-15(24)4-8-17)21(34)30-16-5-9-18(10-6-16)35-23(25,26)27/h3-11H,12H2,1-2H3,(H,30,34). The highest BCUT2D eigenvalue weighted by atomic mass is 32.2. The highest BCUT2D eigenvalue weighted by Crippen LogP contribution is 2.26. The molecule has 186 valence electrons. The van der Waals surface area contributed by atoms with Gasteiger partial charge in [-0.1, -0.05) is 17.0 Å². The topological polar surface area (TPSA) is 94.8 Å². The van der Waals surface area contributed by atoms with Crippen molar-refractivity contribution >= 4 is 23.4 Å². The summed E-state index contributed by atoms with van der Waals surface area (Å²) in [5, 5.41) is 11.1. The molecule has 0 saturated heterocycles. The number of halogens is 4. The molecule has 0 spiro atoms. The molecule has 0 aliphatic heterocycles. The Morgan fingerprint density at radius 2 is 1.67 bits per heavy atom. The van der Waals surface area contributed by atoms with Crippen molar-refractivity contribution < 1.29 is 27.1 Å². The van der Waals surface area contributed by atoms with Gasteiger partial charge in [-0.05, 0) is 68.4 Å². The van der Waals surface area contributed by atoms with Crippen LogP contribution in [0, 0.1) is 19.7 Å². The van der Waals surface area contributed by atoms with Gasteiger partial charge in [-0.25, -0.2) is 19.0 Å². The first kappa shape index (κ1) is 25.1. The third-order valence-corrected chi connectivity index (χ3v) is 5.55. The maximum absolute atomic E-state index is 13.4. The van der Waals surface area contributed by atoms with Gasteiger partial charge in [-0.15, -0.1) is 18.3 Å². The molecule has 4 rings (SSSR count). The van der Waals surface area contributed by atoms with Gasteiger partial charge in [0.1, 0.15) is 11.6 Å². The molecule has 2 aromatic carbocycles. The van der Waals surface area contributed by atoms with Gasteiger partial charge in [0.05, 0.1) is 11.4 Å². The predicted octanol–water partition coefficient (Wildman–Crippen LogP) is 5.26. The number of nitrogens with zero attached hydrogens (tertiary/aromatic N) is 5. The largest absolute Gasteiger partial charge is 0.573 e. The van der Waals surface area contributed by atoms with E-state index in [0.29, 0.717) is 16.5 Å². The van der Waals surface area contributed by atoms with Crippen molar-refractivity contribution in [3.8, 4) is 11.4 Å². The molecule has 0 fully saturated rings. The lowest BCUT2D eigenvalue weighted by molar-refractivity contribution is -0.274. The van der Waals surface area contributed by atoms with Crippen LogP contribution in [0.2, 0.25) is 0 Å². The summed E-state index contributed by atoms with van der Waals surface area (Å²) in [6, 6.07) is 12.0. The highest BCUT2D eigenvalue weighted by molar-refractivity contribution is 7.98. The van der Waals surface area contributed by atoms with Crippen LogP contribution in [0.3, 0.4) is 0 Å². The fourth-order valence-corrected chi connectivity index (χ4v) is 4.16. The van der Waals surface area contributed by atoms with Gasteiger partial charge in [0.25, 0.3) is 5.91 Å². The van der Waals surface area contributed by atoms with Gasteiger partial charge in [0.2, 0.25) is 0 Å². The molecule has 0 unspecified atom stereocenters. The summed E-state index contributed by atoms with van der Waals surface area (Å²) in [7, 11) is 0. The zero-order valence-electron chi connectivity index (χ0n) is 18.9. The fraction of sp³-hybridized carbons (Fsp3) is 0.174. The van der Waals surface area contributed by atoms with Crippen molar-refractivity contribution in [2.75, 3.05) is 5.32 Å². The van der Waals surface area contributed by atoms with E-state index in [1.807, 2.05) is 19.9 Å². The molecule has 0 saturated carbocycles. The number of aryl methyl sites for hydroxylation is 2. The van der Waals surface area contributed by atoms with Crippen molar-refractivity contribution in [3.05, 3.63) is 83.2 Å². The first-order valence-corrected chi connectivity index (χ1v) is 11.4. The lowest BCUT2D eigenvalue weighted by atomic mass is 10.2. The summed E-state index contributed by atoms with van der Waals surface area (Å²) in [4.78, 5) is 21.8. The summed E-state index contributed by atoms with van der Waals surface area (Å²) in [5.41, 5.74) is 2.64. The monoisotopic (exact) mass is 518 g/mol. The van der Waals surface area contributed by atoms with E-state index in [1.54, 1.807) is 0 Å². The number of rotatable bonds is 7.